The van der Waals surface area contributed by atoms with Crippen LogP contribution in [0, 0.1) is 18.1 Å². The minimum absolute atomic E-state index is 0. The minimum Gasteiger partial charge on any atom is -0.501 e. The molecule has 0 aliphatic heterocycles. The van der Waals surface area contributed by atoms with Crippen LogP contribution in [0.3, 0.4) is 0 Å². The maximum absolute atomic E-state index is 8.55. The molecule has 0 saturated heterocycles. The van der Waals surface area contributed by atoms with Crippen LogP contribution in [0.5, 0.6) is 0 Å². The van der Waals surface area contributed by atoms with Crippen molar-refractivity contribution in [3.05, 3.63) is 193 Å². The Kier molecular flexibility index (Phi) is 13.3. The maximum Gasteiger partial charge on any atom is 0.121 e. The van der Waals surface area contributed by atoms with Gasteiger partial charge in [-0.05, 0) is 98.7 Å². The zero-order valence-corrected chi connectivity index (χ0v) is 43.3. The molecule has 3 aromatic heterocycles. The van der Waals surface area contributed by atoms with E-state index in [1.807, 2.05) is 62.5 Å². The van der Waals surface area contributed by atoms with Gasteiger partial charge in [-0.25, -0.2) is 0 Å². The Labute approximate surface area is 414 Å². The van der Waals surface area contributed by atoms with E-state index in [0.29, 0.717) is 0 Å². The Balaban J connectivity index is 0.000000236. The maximum atomic E-state index is 8.55. The second-order valence-electron chi connectivity index (χ2n) is 19.2. The molecule has 339 valence electrons. The van der Waals surface area contributed by atoms with Crippen molar-refractivity contribution in [2.24, 2.45) is 5.92 Å². The molecular formula is C61H59IrN3OSi-2. The number of hydrogen-bond acceptors (Lipinski definition) is 3. The Morgan fingerprint density at radius 1 is 0.642 bits per heavy atom. The van der Waals surface area contributed by atoms with Crippen LogP contribution in [-0.4, -0.2) is 22.6 Å². The standard InChI is InChI=1S/C43H35N2O.C18H24NSi.Ir/c1-27(2)36-24-32(30-16-9-6-10-17-30)25-37(28(3)4)41(36)45-39-21-12-11-20-38(39)44-43(45)35-19-13-18-34-33-23-22-31(26-40(33)46-42(34)35)29-14-7-5-8-15-29;1-14(2)11-16-12-17(15-9-7-6-8-10-15)19-13-18(16)20(3,4)5;/h5-18,20-28H,1-4H3;6-9,12-14H,11H2,1-5H3;/q2*-1;/i;11D2;. The third kappa shape index (κ3) is 9.81. The van der Waals surface area contributed by atoms with Gasteiger partial charge in [0.25, 0.3) is 0 Å². The molecule has 6 heteroatoms. The fourth-order valence-electron chi connectivity index (χ4n) is 8.94. The van der Waals surface area contributed by atoms with Crippen molar-refractivity contribution in [2.45, 2.75) is 79.4 Å². The largest absolute Gasteiger partial charge is 0.501 e. The van der Waals surface area contributed by atoms with E-state index in [4.69, 9.17) is 12.1 Å². The summed E-state index contributed by atoms with van der Waals surface area (Å²) in [6.07, 6.45) is 0.528. The summed E-state index contributed by atoms with van der Waals surface area (Å²) in [4.78, 5) is 9.88. The van der Waals surface area contributed by atoms with Gasteiger partial charge in [-0.2, -0.15) is 0 Å². The van der Waals surface area contributed by atoms with E-state index in [0.717, 1.165) is 71.9 Å². The molecule has 0 N–H and O–H groups in total. The third-order valence-corrected chi connectivity index (χ3v) is 14.2. The average molecular weight is 1070 g/mol. The van der Waals surface area contributed by atoms with Crippen LogP contribution in [0.4, 0.5) is 0 Å². The van der Waals surface area contributed by atoms with E-state index in [1.54, 1.807) is 0 Å². The van der Waals surface area contributed by atoms with Gasteiger partial charge < -0.3 is 14.0 Å². The predicted octanol–water partition coefficient (Wildman–Crippen LogP) is 16.3. The molecule has 7 aromatic carbocycles. The molecule has 1 radical (unpaired) electrons. The van der Waals surface area contributed by atoms with Crippen LogP contribution in [0.1, 0.15) is 72.8 Å². The minimum atomic E-state index is -1.67. The van der Waals surface area contributed by atoms with Crippen molar-refractivity contribution >= 4 is 46.2 Å². The molecule has 0 aliphatic rings. The fraction of sp³-hybridized carbons (Fsp3) is 0.213. The first-order valence-corrected chi connectivity index (χ1v) is 26.7. The summed E-state index contributed by atoms with van der Waals surface area (Å²) in [5.41, 5.74) is 15.6. The number of hydrogen-bond donors (Lipinski definition) is 0. The molecule has 0 unspecified atom stereocenters. The van der Waals surface area contributed by atoms with Gasteiger partial charge in [-0.15, -0.1) is 54.1 Å². The second kappa shape index (κ2) is 20.0. The SMILES string of the molecule is CC(C)c1cc(-c2ccccc2)cc(C(C)C)c1-n1c(-c2[c-]ccc3c2oc2cc(-c4ccccc4)ccc23)nc2ccccc21.[2H]C([2H])(c1cc(-c2[c-]cccc2)ncc1[Si](C)(C)C)C(C)C.[Ir]. The summed E-state index contributed by atoms with van der Waals surface area (Å²) in [6.45, 7) is 19.7. The van der Waals surface area contributed by atoms with Crippen molar-refractivity contribution < 1.29 is 27.3 Å². The second-order valence-corrected chi connectivity index (χ2v) is 24.2. The average Bonchev–Trinajstić information content (AvgIpc) is 3.92. The monoisotopic (exact) mass is 1070 g/mol. The summed E-state index contributed by atoms with van der Waals surface area (Å²) in [7, 11) is -1.67. The Morgan fingerprint density at radius 3 is 1.91 bits per heavy atom. The summed E-state index contributed by atoms with van der Waals surface area (Å²) in [5, 5.41) is 3.26. The van der Waals surface area contributed by atoms with Crippen LogP contribution in [0.15, 0.2) is 168 Å². The number of imidazole rings is 1. The number of rotatable bonds is 10. The van der Waals surface area contributed by atoms with Crippen molar-refractivity contribution in [3.8, 4) is 50.6 Å². The van der Waals surface area contributed by atoms with E-state index >= 15 is 0 Å². The van der Waals surface area contributed by atoms with Crippen LogP contribution in [0.2, 0.25) is 19.6 Å². The van der Waals surface area contributed by atoms with E-state index in [-0.39, 0.29) is 37.9 Å². The van der Waals surface area contributed by atoms with Crippen molar-refractivity contribution in [1.82, 2.24) is 14.5 Å². The quantitative estimate of drug-likeness (QED) is 0.101. The van der Waals surface area contributed by atoms with Gasteiger partial charge in [-0.3, -0.25) is 4.98 Å². The molecule has 0 saturated carbocycles. The van der Waals surface area contributed by atoms with Crippen LogP contribution < -0.4 is 5.19 Å². The number of pyridine rings is 1. The van der Waals surface area contributed by atoms with Crippen molar-refractivity contribution in [1.29, 1.82) is 0 Å². The third-order valence-electron chi connectivity index (χ3n) is 12.2. The molecule has 4 nitrogen and oxygen atoms in total. The number of nitrogens with zero attached hydrogens (tertiary/aromatic N) is 3. The molecule has 3 heterocycles. The van der Waals surface area contributed by atoms with Gasteiger partial charge in [0, 0.05) is 40.1 Å². The number of aromatic nitrogens is 3. The Bertz CT molecular complexity index is 3360. The van der Waals surface area contributed by atoms with E-state index in [2.05, 4.69) is 184 Å². The van der Waals surface area contributed by atoms with Gasteiger partial charge in [0.15, 0.2) is 0 Å². The summed E-state index contributed by atoms with van der Waals surface area (Å²) >= 11 is 0. The van der Waals surface area contributed by atoms with Crippen molar-refractivity contribution in [2.75, 3.05) is 0 Å². The first-order valence-electron chi connectivity index (χ1n) is 24.2. The number of fused-ring (bicyclic) bond motifs is 4. The van der Waals surface area contributed by atoms with Gasteiger partial charge in [0.05, 0.1) is 30.5 Å². The normalized spacial score (nSPS) is 12.4. The summed E-state index contributed by atoms with van der Waals surface area (Å²) in [6, 6.07) is 61.3. The molecule has 0 bridgehead atoms. The van der Waals surface area contributed by atoms with E-state index in [9.17, 15) is 0 Å². The number of furan rings is 1. The van der Waals surface area contributed by atoms with Gasteiger partial charge in [-0.1, -0.05) is 169 Å². The fourth-order valence-corrected chi connectivity index (χ4v) is 10.3. The first kappa shape index (κ1) is 44.7. The molecule has 67 heavy (non-hydrogen) atoms. The molecule has 0 spiro atoms. The smallest absolute Gasteiger partial charge is 0.121 e. The van der Waals surface area contributed by atoms with Gasteiger partial charge >= 0.3 is 0 Å². The van der Waals surface area contributed by atoms with Crippen molar-refractivity contribution in [3.63, 3.8) is 0 Å². The van der Waals surface area contributed by atoms with Crippen LogP contribution in [-0.2, 0) is 26.5 Å². The van der Waals surface area contributed by atoms with Crippen LogP contribution >= 0.6 is 0 Å². The zero-order valence-electron chi connectivity index (χ0n) is 41.9. The number of benzene rings is 7. The first-order chi connectivity index (χ1) is 32.6. The van der Waals surface area contributed by atoms with E-state index in [1.165, 1.54) is 33.5 Å². The van der Waals surface area contributed by atoms with E-state index < -0.39 is 14.4 Å². The Hall–Kier alpha value is -6.17. The predicted molar refractivity (Wildman–Crippen MR) is 282 cm³/mol. The molecule has 0 atom stereocenters. The van der Waals surface area contributed by atoms with Gasteiger partial charge in [0.2, 0.25) is 0 Å². The Morgan fingerprint density at radius 2 is 1.28 bits per heavy atom. The topological polar surface area (TPSA) is 43.9 Å². The summed E-state index contributed by atoms with van der Waals surface area (Å²) < 4.78 is 26.2. The molecule has 10 aromatic rings. The summed E-state index contributed by atoms with van der Waals surface area (Å²) in [5.74, 6) is 1.32. The molecule has 0 fully saturated rings. The number of para-hydroxylation sites is 2. The zero-order chi connectivity index (χ0) is 47.9. The van der Waals surface area contributed by atoms with Gasteiger partial charge in [0.1, 0.15) is 5.58 Å². The molecule has 0 aliphatic carbocycles. The molecular weight excluding hydrogens is 1010 g/mol. The molecule has 10 rings (SSSR count). The van der Waals surface area contributed by atoms with Crippen LogP contribution in [0.25, 0.3) is 83.6 Å². The molecule has 0 amide bonds.